The largest absolute Gasteiger partial charge is 0.369 e. The molecule has 0 spiro atoms. The van der Waals surface area contributed by atoms with Gasteiger partial charge in [0.05, 0.1) is 5.52 Å². The van der Waals surface area contributed by atoms with Gasteiger partial charge in [0.1, 0.15) is 11.3 Å². The highest BCUT2D eigenvalue weighted by molar-refractivity contribution is 5.80. The molecule has 5 nitrogen and oxygen atoms in total. The number of aryl methyl sites for hydroxylation is 1. The Morgan fingerprint density at radius 3 is 2.90 bits per heavy atom. The second-order valence-corrected chi connectivity index (χ2v) is 4.48. The van der Waals surface area contributed by atoms with Crippen LogP contribution in [0, 0.1) is 11.6 Å². The molecule has 0 radical (unpaired) electrons. The fourth-order valence-electron chi connectivity index (χ4n) is 1.97. The molecule has 0 atom stereocenters. The maximum Gasteiger partial charge on any atom is 0.221 e. The van der Waals surface area contributed by atoms with Crippen molar-refractivity contribution in [1.82, 2.24) is 14.9 Å². The smallest absolute Gasteiger partial charge is 0.221 e. The van der Waals surface area contributed by atoms with E-state index in [2.05, 4.69) is 10.3 Å². The number of rotatable bonds is 5. The Bertz CT molecular complexity index is 639. The van der Waals surface area contributed by atoms with E-state index in [4.69, 9.17) is 5.73 Å². The number of imidazole rings is 1. The molecule has 3 N–H and O–H groups in total. The third kappa shape index (κ3) is 2.87. The first kappa shape index (κ1) is 14.2. The molecule has 0 saturated carbocycles. The van der Waals surface area contributed by atoms with Gasteiger partial charge in [-0.2, -0.15) is 0 Å². The summed E-state index contributed by atoms with van der Waals surface area (Å²) in [5, 5.41) is 2.72. The number of nitrogens with zero attached hydrogens (tertiary/aromatic N) is 2. The second-order valence-electron chi connectivity index (χ2n) is 4.48. The summed E-state index contributed by atoms with van der Waals surface area (Å²) in [6.45, 7) is 2.77. The third-order valence-corrected chi connectivity index (χ3v) is 2.94. The Balaban J connectivity index is 2.21. The zero-order valence-electron chi connectivity index (χ0n) is 11.1. The van der Waals surface area contributed by atoms with Crippen molar-refractivity contribution in [3.05, 3.63) is 23.8 Å². The number of nitrogens with one attached hydrogen (secondary N) is 1. The Morgan fingerprint density at radius 1 is 1.45 bits per heavy atom. The summed E-state index contributed by atoms with van der Waals surface area (Å²) in [7, 11) is 0. The number of aromatic nitrogens is 2. The van der Waals surface area contributed by atoms with E-state index in [1.54, 1.807) is 0 Å². The van der Waals surface area contributed by atoms with E-state index in [-0.39, 0.29) is 35.9 Å². The van der Waals surface area contributed by atoms with Crippen LogP contribution in [0.4, 0.5) is 14.7 Å². The van der Waals surface area contributed by atoms with Crippen LogP contribution in [-0.4, -0.2) is 22.0 Å². The number of carbonyl (C=O) groups is 1. The molecule has 0 aliphatic heterocycles. The molecule has 2 aromatic rings. The molecular weight excluding hydrogens is 266 g/mol. The average molecular weight is 282 g/mol. The van der Waals surface area contributed by atoms with Crippen molar-refractivity contribution >= 4 is 22.9 Å². The van der Waals surface area contributed by atoms with Crippen LogP contribution in [0.25, 0.3) is 11.0 Å². The van der Waals surface area contributed by atoms with Crippen molar-refractivity contribution < 1.29 is 13.6 Å². The SMILES string of the molecule is CCCNC(=O)CCn1c(N)nc2c(F)cc(F)cc21. The van der Waals surface area contributed by atoms with E-state index in [9.17, 15) is 13.6 Å². The predicted molar refractivity (Wildman–Crippen MR) is 72.0 cm³/mol. The predicted octanol–water partition coefficient (Wildman–Crippen LogP) is 1.81. The zero-order chi connectivity index (χ0) is 14.7. The number of nitrogens with two attached hydrogens (primary N) is 1. The highest BCUT2D eigenvalue weighted by Gasteiger charge is 2.14. The van der Waals surface area contributed by atoms with Gasteiger partial charge in [-0.05, 0) is 6.42 Å². The summed E-state index contributed by atoms with van der Waals surface area (Å²) in [5.41, 5.74) is 5.95. The average Bonchev–Trinajstić information content (AvgIpc) is 2.70. The van der Waals surface area contributed by atoms with Crippen LogP contribution in [0.2, 0.25) is 0 Å². The molecule has 0 aliphatic rings. The zero-order valence-corrected chi connectivity index (χ0v) is 11.1. The summed E-state index contributed by atoms with van der Waals surface area (Å²) >= 11 is 0. The molecule has 1 heterocycles. The lowest BCUT2D eigenvalue weighted by atomic mass is 10.3. The highest BCUT2D eigenvalue weighted by atomic mass is 19.1. The monoisotopic (exact) mass is 282 g/mol. The minimum absolute atomic E-state index is 0.0119. The summed E-state index contributed by atoms with van der Waals surface area (Å²) in [4.78, 5) is 15.4. The Labute approximate surface area is 114 Å². The van der Waals surface area contributed by atoms with E-state index >= 15 is 0 Å². The normalized spacial score (nSPS) is 10.9. The van der Waals surface area contributed by atoms with Crippen molar-refractivity contribution in [3.63, 3.8) is 0 Å². The van der Waals surface area contributed by atoms with E-state index in [1.165, 1.54) is 4.57 Å². The fourth-order valence-corrected chi connectivity index (χ4v) is 1.97. The molecule has 1 aromatic heterocycles. The van der Waals surface area contributed by atoms with Gasteiger partial charge in [-0.1, -0.05) is 6.92 Å². The number of nitrogen functional groups attached to an aromatic ring is 1. The molecule has 2 rings (SSSR count). The lowest BCUT2D eigenvalue weighted by Gasteiger charge is -2.07. The molecule has 20 heavy (non-hydrogen) atoms. The lowest BCUT2D eigenvalue weighted by molar-refractivity contribution is -0.121. The van der Waals surface area contributed by atoms with Gasteiger partial charge in [-0.3, -0.25) is 4.79 Å². The number of hydrogen-bond donors (Lipinski definition) is 2. The maximum absolute atomic E-state index is 13.6. The standard InChI is InChI=1S/C13H16F2N4O/c1-2-4-17-11(20)3-5-19-10-7-8(14)6-9(15)12(10)18-13(19)16/h6-7H,2-5H2,1H3,(H2,16,18)(H,17,20). The van der Waals surface area contributed by atoms with Crippen molar-refractivity contribution in [2.24, 2.45) is 0 Å². The summed E-state index contributed by atoms with van der Waals surface area (Å²) in [6, 6.07) is 1.92. The molecular formula is C13H16F2N4O. The van der Waals surface area contributed by atoms with Crippen molar-refractivity contribution in [2.45, 2.75) is 26.3 Å². The molecule has 1 aromatic carbocycles. The molecule has 0 unspecified atom stereocenters. The van der Waals surface area contributed by atoms with Gasteiger partial charge in [-0.15, -0.1) is 0 Å². The summed E-state index contributed by atoms with van der Waals surface area (Å²) in [5.74, 6) is -1.54. The Hall–Kier alpha value is -2.18. The van der Waals surface area contributed by atoms with Gasteiger partial charge in [0, 0.05) is 31.6 Å². The first-order chi connectivity index (χ1) is 9.52. The second kappa shape index (κ2) is 5.85. The fraction of sp³-hybridized carbons (Fsp3) is 0.385. The molecule has 0 fully saturated rings. The van der Waals surface area contributed by atoms with Crippen LogP contribution in [0.15, 0.2) is 12.1 Å². The minimum atomic E-state index is -0.763. The molecule has 1 amide bonds. The van der Waals surface area contributed by atoms with Crippen LogP contribution in [0.1, 0.15) is 19.8 Å². The van der Waals surface area contributed by atoms with Crippen LogP contribution >= 0.6 is 0 Å². The number of anilines is 1. The first-order valence-electron chi connectivity index (χ1n) is 6.40. The summed E-state index contributed by atoms with van der Waals surface area (Å²) in [6.07, 6.45) is 1.02. The Morgan fingerprint density at radius 2 is 2.20 bits per heavy atom. The number of hydrogen-bond acceptors (Lipinski definition) is 3. The van der Waals surface area contributed by atoms with E-state index in [0.717, 1.165) is 18.6 Å². The number of halogens is 2. The van der Waals surface area contributed by atoms with E-state index < -0.39 is 11.6 Å². The molecule has 7 heteroatoms. The first-order valence-corrected chi connectivity index (χ1v) is 6.40. The number of carbonyl (C=O) groups excluding carboxylic acids is 1. The summed E-state index contributed by atoms with van der Waals surface area (Å²) < 4.78 is 28.2. The van der Waals surface area contributed by atoms with Gasteiger partial charge >= 0.3 is 0 Å². The van der Waals surface area contributed by atoms with Crippen LogP contribution in [0.3, 0.4) is 0 Å². The molecule has 108 valence electrons. The van der Waals surface area contributed by atoms with Crippen molar-refractivity contribution in [3.8, 4) is 0 Å². The van der Waals surface area contributed by atoms with Crippen molar-refractivity contribution in [2.75, 3.05) is 12.3 Å². The van der Waals surface area contributed by atoms with Gasteiger partial charge in [0.2, 0.25) is 11.9 Å². The van der Waals surface area contributed by atoms with Crippen LogP contribution in [0.5, 0.6) is 0 Å². The lowest BCUT2D eigenvalue weighted by Crippen LogP contribution is -2.25. The minimum Gasteiger partial charge on any atom is -0.369 e. The van der Waals surface area contributed by atoms with Crippen LogP contribution < -0.4 is 11.1 Å². The van der Waals surface area contributed by atoms with E-state index in [0.29, 0.717) is 6.54 Å². The van der Waals surface area contributed by atoms with Gasteiger partial charge in [-0.25, -0.2) is 13.8 Å². The molecule has 0 aliphatic carbocycles. The van der Waals surface area contributed by atoms with E-state index in [1.807, 2.05) is 6.92 Å². The highest BCUT2D eigenvalue weighted by Crippen LogP contribution is 2.22. The van der Waals surface area contributed by atoms with Gasteiger partial charge < -0.3 is 15.6 Å². The van der Waals surface area contributed by atoms with Crippen LogP contribution in [-0.2, 0) is 11.3 Å². The van der Waals surface area contributed by atoms with Gasteiger partial charge in [0.15, 0.2) is 5.82 Å². The number of benzene rings is 1. The van der Waals surface area contributed by atoms with Gasteiger partial charge in [0.25, 0.3) is 0 Å². The molecule has 0 saturated heterocycles. The maximum atomic E-state index is 13.6. The topological polar surface area (TPSA) is 72.9 Å². The van der Waals surface area contributed by atoms with Crippen molar-refractivity contribution in [1.29, 1.82) is 0 Å². The number of fused-ring (bicyclic) bond motifs is 1. The quantitative estimate of drug-likeness (QED) is 0.878. The Kier molecular flexibility index (Phi) is 4.16. The number of amides is 1. The molecule has 0 bridgehead atoms. The third-order valence-electron chi connectivity index (χ3n) is 2.94.